The largest absolute Gasteiger partial charge is 0.391 e. The Labute approximate surface area is 133 Å². The molecule has 0 amide bonds. The van der Waals surface area contributed by atoms with E-state index in [1.807, 2.05) is 13.0 Å². The molecule has 2 rings (SSSR count). The highest BCUT2D eigenvalue weighted by Gasteiger charge is 2.41. The lowest BCUT2D eigenvalue weighted by molar-refractivity contribution is -0.384. The van der Waals surface area contributed by atoms with E-state index in [9.17, 15) is 23.3 Å². The number of nitrogens with one attached hydrogen (secondary N) is 1. The minimum Gasteiger partial charge on any atom is -0.307 e. The van der Waals surface area contributed by atoms with Crippen molar-refractivity contribution < 1.29 is 18.1 Å². The van der Waals surface area contributed by atoms with Gasteiger partial charge in [0.2, 0.25) is 0 Å². The topological polar surface area (TPSA) is 55.2 Å². The number of non-ortho nitro benzene ring substituents is 1. The van der Waals surface area contributed by atoms with Gasteiger partial charge < -0.3 is 5.32 Å². The van der Waals surface area contributed by atoms with Crippen molar-refractivity contribution in [3.05, 3.63) is 39.9 Å². The first-order valence-corrected chi connectivity index (χ1v) is 7.88. The number of rotatable bonds is 5. The quantitative estimate of drug-likeness (QED) is 0.626. The fourth-order valence-electron chi connectivity index (χ4n) is 3.18. The normalized spacial score (nSPS) is 23.5. The molecule has 7 heteroatoms. The van der Waals surface area contributed by atoms with Crippen molar-refractivity contribution in [2.24, 2.45) is 5.92 Å². The molecule has 128 valence electrons. The van der Waals surface area contributed by atoms with Crippen LogP contribution in [0.4, 0.5) is 18.9 Å². The van der Waals surface area contributed by atoms with E-state index in [4.69, 9.17) is 0 Å². The third kappa shape index (κ3) is 4.67. The SMILES string of the molecule is CCC(NC1CCC(C(F)(F)F)CC1)c1cccc([N+](=O)[O-])c1. The van der Waals surface area contributed by atoms with Crippen LogP contribution >= 0.6 is 0 Å². The Morgan fingerprint density at radius 2 is 1.96 bits per heavy atom. The first-order chi connectivity index (χ1) is 10.8. The van der Waals surface area contributed by atoms with Gasteiger partial charge in [0.1, 0.15) is 0 Å². The summed E-state index contributed by atoms with van der Waals surface area (Å²) in [5, 5.41) is 14.2. The van der Waals surface area contributed by atoms with E-state index < -0.39 is 17.0 Å². The highest BCUT2D eigenvalue weighted by Crippen LogP contribution is 2.38. The van der Waals surface area contributed by atoms with Gasteiger partial charge in [0, 0.05) is 24.2 Å². The van der Waals surface area contributed by atoms with Crippen molar-refractivity contribution in [2.45, 2.75) is 57.3 Å². The summed E-state index contributed by atoms with van der Waals surface area (Å²) in [5.41, 5.74) is 0.836. The molecule has 1 aromatic rings. The fraction of sp³-hybridized carbons (Fsp3) is 0.625. The van der Waals surface area contributed by atoms with E-state index in [0.717, 1.165) is 12.0 Å². The predicted molar refractivity (Wildman–Crippen MR) is 81.1 cm³/mol. The van der Waals surface area contributed by atoms with Gasteiger partial charge in [0.05, 0.1) is 10.8 Å². The van der Waals surface area contributed by atoms with E-state index >= 15 is 0 Å². The predicted octanol–water partition coefficient (Wildman–Crippen LogP) is 4.76. The van der Waals surface area contributed by atoms with Gasteiger partial charge in [0.25, 0.3) is 5.69 Å². The van der Waals surface area contributed by atoms with Crippen LogP contribution in [0.25, 0.3) is 0 Å². The van der Waals surface area contributed by atoms with Crippen molar-refractivity contribution >= 4 is 5.69 Å². The molecule has 1 N–H and O–H groups in total. The zero-order valence-corrected chi connectivity index (χ0v) is 13.0. The molecule has 0 bridgehead atoms. The number of halogens is 3. The Bertz CT molecular complexity index is 540. The van der Waals surface area contributed by atoms with Crippen molar-refractivity contribution in [1.82, 2.24) is 5.32 Å². The van der Waals surface area contributed by atoms with E-state index in [1.54, 1.807) is 6.07 Å². The van der Waals surface area contributed by atoms with Gasteiger partial charge in [-0.05, 0) is 37.7 Å². The minimum absolute atomic E-state index is 0.0258. The molecule has 1 unspecified atom stereocenters. The van der Waals surface area contributed by atoms with Crippen LogP contribution < -0.4 is 5.32 Å². The Hall–Kier alpha value is -1.63. The molecule has 1 atom stereocenters. The van der Waals surface area contributed by atoms with Gasteiger partial charge in [0.15, 0.2) is 0 Å². The van der Waals surface area contributed by atoms with E-state index in [-0.39, 0.29) is 30.6 Å². The molecule has 0 saturated heterocycles. The number of hydrogen-bond donors (Lipinski definition) is 1. The van der Waals surface area contributed by atoms with Crippen molar-refractivity contribution in [1.29, 1.82) is 0 Å². The molecule has 1 aliphatic carbocycles. The van der Waals surface area contributed by atoms with Crippen molar-refractivity contribution in [3.8, 4) is 0 Å². The third-order valence-corrected chi connectivity index (χ3v) is 4.52. The standard InChI is InChI=1S/C16H21F3N2O2/c1-2-15(11-4-3-5-14(10-11)21(22)23)20-13-8-6-12(7-9-13)16(17,18)19/h3-5,10,12-13,15,20H,2,6-9H2,1H3. The van der Waals surface area contributed by atoms with Gasteiger partial charge in [-0.15, -0.1) is 0 Å². The summed E-state index contributed by atoms with van der Waals surface area (Å²) < 4.78 is 38.1. The molecule has 0 aliphatic heterocycles. The number of nitro groups is 1. The highest BCUT2D eigenvalue weighted by atomic mass is 19.4. The van der Waals surface area contributed by atoms with E-state index in [1.165, 1.54) is 12.1 Å². The van der Waals surface area contributed by atoms with Crippen LogP contribution in [-0.2, 0) is 0 Å². The van der Waals surface area contributed by atoms with Gasteiger partial charge in [-0.3, -0.25) is 10.1 Å². The van der Waals surface area contributed by atoms with E-state index in [0.29, 0.717) is 12.8 Å². The zero-order valence-electron chi connectivity index (χ0n) is 13.0. The highest BCUT2D eigenvalue weighted by molar-refractivity contribution is 5.35. The van der Waals surface area contributed by atoms with Gasteiger partial charge in [-0.25, -0.2) is 0 Å². The minimum atomic E-state index is -4.10. The number of alkyl halides is 3. The summed E-state index contributed by atoms with van der Waals surface area (Å²) in [6.07, 6.45) is -2.13. The second-order valence-corrected chi connectivity index (χ2v) is 6.07. The third-order valence-electron chi connectivity index (χ3n) is 4.52. The van der Waals surface area contributed by atoms with Crippen molar-refractivity contribution in [2.75, 3.05) is 0 Å². The summed E-state index contributed by atoms with van der Waals surface area (Å²) in [7, 11) is 0. The van der Waals surface area contributed by atoms with Crippen LogP contribution in [0.5, 0.6) is 0 Å². The van der Waals surface area contributed by atoms with Gasteiger partial charge in [-0.2, -0.15) is 13.2 Å². The van der Waals surface area contributed by atoms with Gasteiger partial charge in [-0.1, -0.05) is 19.1 Å². The first-order valence-electron chi connectivity index (χ1n) is 7.88. The number of nitrogens with zero attached hydrogens (tertiary/aromatic N) is 1. The molecule has 0 heterocycles. The molecule has 1 saturated carbocycles. The summed E-state index contributed by atoms with van der Waals surface area (Å²) in [4.78, 5) is 10.4. The van der Waals surface area contributed by atoms with Crippen LogP contribution in [0.1, 0.15) is 50.6 Å². The molecule has 0 aromatic heterocycles. The molecule has 1 aliphatic rings. The van der Waals surface area contributed by atoms with Crippen LogP contribution in [0.3, 0.4) is 0 Å². The molecule has 23 heavy (non-hydrogen) atoms. The van der Waals surface area contributed by atoms with Crippen LogP contribution in [0, 0.1) is 16.0 Å². The maximum atomic E-state index is 12.7. The number of hydrogen-bond acceptors (Lipinski definition) is 3. The zero-order chi connectivity index (χ0) is 17.0. The lowest BCUT2D eigenvalue weighted by atomic mass is 9.85. The maximum Gasteiger partial charge on any atom is 0.391 e. The molecule has 4 nitrogen and oxygen atoms in total. The van der Waals surface area contributed by atoms with Crippen molar-refractivity contribution in [3.63, 3.8) is 0 Å². The molecule has 1 fully saturated rings. The van der Waals surface area contributed by atoms with Crippen LogP contribution in [0.15, 0.2) is 24.3 Å². The molecular formula is C16H21F3N2O2. The maximum absolute atomic E-state index is 12.7. The summed E-state index contributed by atoms with van der Waals surface area (Å²) in [5.74, 6) is -1.20. The molecule has 1 aromatic carbocycles. The monoisotopic (exact) mass is 330 g/mol. The van der Waals surface area contributed by atoms with Crippen LogP contribution in [-0.4, -0.2) is 17.1 Å². The fourth-order valence-corrected chi connectivity index (χ4v) is 3.18. The summed E-state index contributed by atoms with van der Waals surface area (Å²) in [6.45, 7) is 1.96. The molecule has 0 spiro atoms. The Morgan fingerprint density at radius 3 is 2.48 bits per heavy atom. The molecular weight excluding hydrogens is 309 g/mol. The average molecular weight is 330 g/mol. The smallest absolute Gasteiger partial charge is 0.307 e. The molecule has 0 radical (unpaired) electrons. The van der Waals surface area contributed by atoms with E-state index in [2.05, 4.69) is 5.32 Å². The summed E-state index contributed by atoms with van der Waals surface area (Å²) >= 11 is 0. The van der Waals surface area contributed by atoms with Crippen LogP contribution in [0.2, 0.25) is 0 Å². The average Bonchev–Trinajstić information content (AvgIpc) is 2.52. The Kier molecular flexibility index (Phi) is 5.62. The number of nitro benzene ring substituents is 1. The Morgan fingerprint density at radius 1 is 1.30 bits per heavy atom. The lowest BCUT2D eigenvalue weighted by Gasteiger charge is -2.33. The van der Waals surface area contributed by atoms with Gasteiger partial charge >= 0.3 is 6.18 Å². The second kappa shape index (κ2) is 7.29. The first kappa shape index (κ1) is 17.7. The summed E-state index contributed by atoms with van der Waals surface area (Å²) in [6, 6.07) is 6.36. The lowest BCUT2D eigenvalue weighted by Crippen LogP contribution is -2.38. The Balaban J connectivity index is 1.98. The second-order valence-electron chi connectivity index (χ2n) is 6.07. The number of benzene rings is 1.